The molecule has 7 nitrogen and oxygen atoms in total. The van der Waals surface area contributed by atoms with Crippen molar-refractivity contribution in [1.29, 1.82) is 0 Å². The maximum Gasteiger partial charge on any atom is 0.292 e. The number of hydrogen-bond acceptors (Lipinski definition) is 6. The molecule has 1 aromatic heterocycles. The van der Waals surface area contributed by atoms with Crippen molar-refractivity contribution in [3.63, 3.8) is 0 Å². The van der Waals surface area contributed by atoms with Crippen molar-refractivity contribution in [2.45, 2.75) is 6.42 Å². The number of rotatable bonds is 7. The molecule has 0 fully saturated rings. The van der Waals surface area contributed by atoms with Gasteiger partial charge < -0.3 is 10.6 Å². The largest absolute Gasteiger partial charge is 0.379 e. The Bertz CT molecular complexity index is 895. The molecule has 26 heavy (non-hydrogen) atoms. The minimum absolute atomic E-state index is 0.00863. The molecule has 3 aromatic rings. The summed E-state index contributed by atoms with van der Waals surface area (Å²) in [7, 11) is 0. The lowest BCUT2D eigenvalue weighted by molar-refractivity contribution is -0.384. The number of hydrogen-bond donors (Lipinski definition) is 2. The SMILES string of the molecule is O=C(CCNc1ccccc1[N+](=O)[O-])Nc1ccc(-c2nccs2)cc1. The normalized spacial score (nSPS) is 10.3. The van der Waals surface area contributed by atoms with Crippen molar-refractivity contribution in [3.8, 4) is 10.6 Å². The molecule has 3 rings (SSSR count). The second kappa shape index (κ2) is 8.21. The molecule has 0 aliphatic rings. The average molecular weight is 368 g/mol. The van der Waals surface area contributed by atoms with Crippen molar-refractivity contribution >= 4 is 34.3 Å². The van der Waals surface area contributed by atoms with E-state index >= 15 is 0 Å². The summed E-state index contributed by atoms with van der Waals surface area (Å²) in [5.41, 5.74) is 2.08. The van der Waals surface area contributed by atoms with E-state index in [-0.39, 0.29) is 18.0 Å². The van der Waals surface area contributed by atoms with E-state index in [1.807, 2.05) is 29.6 Å². The lowest BCUT2D eigenvalue weighted by Crippen LogP contribution is -2.16. The molecule has 0 aliphatic heterocycles. The fourth-order valence-electron chi connectivity index (χ4n) is 2.38. The van der Waals surface area contributed by atoms with Gasteiger partial charge in [-0.25, -0.2) is 4.98 Å². The van der Waals surface area contributed by atoms with Crippen LogP contribution < -0.4 is 10.6 Å². The standard InChI is InChI=1S/C18H16N4O3S/c23-17(9-10-19-15-3-1-2-4-16(15)22(24)25)21-14-7-5-13(6-8-14)18-20-11-12-26-18/h1-8,11-12,19H,9-10H2,(H,21,23). The summed E-state index contributed by atoms with van der Waals surface area (Å²) < 4.78 is 0. The van der Waals surface area contributed by atoms with Crippen molar-refractivity contribution in [2.75, 3.05) is 17.2 Å². The van der Waals surface area contributed by atoms with Gasteiger partial charge in [0.2, 0.25) is 5.91 Å². The Morgan fingerprint density at radius 1 is 1.15 bits per heavy atom. The van der Waals surface area contributed by atoms with Gasteiger partial charge in [-0.1, -0.05) is 12.1 Å². The van der Waals surface area contributed by atoms with Crippen molar-refractivity contribution in [2.24, 2.45) is 0 Å². The van der Waals surface area contributed by atoms with E-state index in [2.05, 4.69) is 15.6 Å². The van der Waals surface area contributed by atoms with E-state index in [0.717, 1.165) is 10.6 Å². The Kier molecular flexibility index (Phi) is 5.55. The second-order valence-electron chi connectivity index (χ2n) is 5.41. The minimum atomic E-state index is -0.452. The number of amides is 1. The van der Waals surface area contributed by atoms with Gasteiger partial charge in [0, 0.05) is 41.9 Å². The number of aromatic nitrogens is 1. The Hall–Kier alpha value is -3.26. The zero-order valence-corrected chi connectivity index (χ0v) is 14.5. The molecule has 132 valence electrons. The van der Waals surface area contributed by atoms with Crippen LogP contribution in [-0.4, -0.2) is 22.4 Å². The number of nitro groups is 1. The van der Waals surface area contributed by atoms with Crippen LogP contribution >= 0.6 is 11.3 Å². The lowest BCUT2D eigenvalue weighted by Gasteiger charge is -2.08. The van der Waals surface area contributed by atoms with Crippen molar-refractivity contribution in [3.05, 3.63) is 70.2 Å². The molecule has 2 aromatic carbocycles. The van der Waals surface area contributed by atoms with E-state index in [1.54, 1.807) is 35.7 Å². The first kappa shape index (κ1) is 17.6. The van der Waals surface area contributed by atoms with E-state index < -0.39 is 4.92 Å². The van der Waals surface area contributed by atoms with Crippen LogP contribution in [0.25, 0.3) is 10.6 Å². The highest BCUT2D eigenvalue weighted by Gasteiger charge is 2.12. The monoisotopic (exact) mass is 368 g/mol. The molecule has 0 spiro atoms. The van der Waals surface area contributed by atoms with Crippen LogP contribution in [-0.2, 0) is 4.79 Å². The van der Waals surface area contributed by atoms with Gasteiger partial charge in [-0.3, -0.25) is 14.9 Å². The van der Waals surface area contributed by atoms with Crippen LogP contribution in [0.3, 0.4) is 0 Å². The molecular weight excluding hydrogens is 352 g/mol. The van der Waals surface area contributed by atoms with E-state index in [4.69, 9.17) is 0 Å². The number of carbonyl (C=O) groups is 1. The second-order valence-corrected chi connectivity index (χ2v) is 6.31. The number of benzene rings is 2. The van der Waals surface area contributed by atoms with Crippen LogP contribution in [0.2, 0.25) is 0 Å². The fourth-order valence-corrected chi connectivity index (χ4v) is 3.02. The molecule has 0 aliphatic carbocycles. The van der Waals surface area contributed by atoms with Gasteiger partial charge in [0.05, 0.1) is 4.92 Å². The molecule has 0 unspecified atom stereocenters. The van der Waals surface area contributed by atoms with Crippen LogP contribution in [0.5, 0.6) is 0 Å². The average Bonchev–Trinajstić information content (AvgIpc) is 3.17. The Morgan fingerprint density at radius 2 is 1.92 bits per heavy atom. The van der Waals surface area contributed by atoms with Crippen molar-refractivity contribution in [1.82, 2.24) is 4.98 Å². The predicted molar refractivity (Wildman–Crippen MR) is 102 cm³/mol. The van der Waals surface area contributed by atoms with Gasteiger partial charge in [0.25, 0.3) is 5.69 Å². The third kappa shape index (κ3) is 4.42. The van der Waals surface area contributed by atoms with Crippen LogP contribution in [0, 0.1) is 10.1 Å². The highest BCUT2D eigenvalue weighted by molar-refractivity contribution is 7.13. The molecule has 1 amide bonds. The zero-order chi connectivity index (χ0) is 18.4. The topological polar surface area (TPSA) is 97.2 Å². The molecule has 0 saturated heterocycles. The smallest absolute Gasteiger partial charge is 0.292 e. The quantitative estimate of drug-likeness (QED) is 0.482. The minimum Gasteiger partial charge on any atom is -0.379 e. The highest BCUT2D eigenvalue weighted by atomic mass is 32.1. The number of nitro benzene ring substituents is 1. The lowest BCUT2D eigenvalue weighted by atomic mass is 10.2. The van der Waals surface area contributed by atoms with Gasteiger partial charge in [-0.15, -0.1) is 11.3 Å². The van der Waals surface area contributed by atoms with Gasteiger partial charge in [0.15, 0.2) is 0 Å². The number of nitrogens with zero attached hydrogens (tertiary/aromatic N) is 2. The first-order valence-electron chi connectivity index (χ1n) is 7.90. The first-order chi connectivity index (χ1) is 12.6. The van der Waals surface area contributed by atoms with E-state index in [1.165, 1.54) is 6.07 Å². The van der Waals surface area contributed by atoms with Crippen molar-refractivity contribution < 1.29 is 9.72 Å². The molecule has 0 radical (unpaired) electrons. The molecule has 0 bridgehead atoms. The summed E-state index contributed by atoms with van der Waals surface area (Å²) in [6.07, 6.45) is 1.94. The van der Waals surface area contributed by atoms with Crippen LogP contribution in [0.4, 0.5) is 17.1 Å². The van der Waals surface area contributed by atoms with Gasteiger partial charge in [-0.2, -0.15) is 0 Å². The Morgan fingerprint density at radius 3 is 2.62 bits per heavy atom. The molecule has 8 heteroatoms. The van der Waals surface area contributed by atoms with E-state index in [0.29, 0.717) is 17.9 Å². The summed E-state index contributed by atoms with van der Waals surface area (Å²) >= 11 is 1.55. The summed E-state index contributed by atoms with van der Waals surface area (Å²) in [6, 6.07) is 13.8. The highest BCUT2D eigenvalue weighted by Crippen LogP contribution is 2.24. The summed E-state index contributed by atoms with van der Waals surface area (Å²) in [4.78, 5) is 26.8. The van der Waals surface area contributed by atoms with Crippen LogP contribution in [0.1, 0.15) is 6.42 Å². The number of thiazole rings is 1. The first-order valence-corrected chi connectivity index (χ1v) is 8.78. The zero-order valence-electron chi connectivity index (χ0n) is 13.7. The molecular formula is C18H16N4O3S. The molecule has 1 heterocycles. The fraction of sp³-hybridized carbons (Fsp3) is 0.111. The Balaban J connectivity index is 1.51. The summed E-state index contributed by atoms with van der Waals surface area (Å²) in [5.74, 6) is -0.168. The molecule has 0 saturated carbocycles. The van der Waals surface area contributed by atoms with Crippen LogP contribution in [0.15, 0.2) is 60.1 Å². The maximum atomic E-state index is 12.0. The number of para-hydroxylation sites is 2. The summed E-state index contributed by atoms with van der Waals surface area (Å²) in [6.45, 7) is 0.299. The molecule has 0 atom stereocenters. The predicted octanol–water partition coefficient (Wildman–Crippen LogP) is 4.16. The Labute approximate surface area is 153 Å². The molecule has 2 N–H and O–H groups in total. The van der Waals surface area contributed by atoms with Gasteiger partial charge in [0.1, 0.15) is 10.7 Å². The van der Waals surface area contributed by atoms with Gasteiger partial charge >= 0.3 is 0 Å². The number of carbonyl (C=O) groups excluding carboxylic acids is 1. The third-order valence-corrected chi connectivity index (χ3v) is 4.44. The third-order valence-electron chi connectivity index (χ3n) is 3.62. The number of anilines is 2. The van der Waals surface area contributed by atoms with E-state index in [9.17, 15) is 14.9 Å². The number of nitrogens with one attached hydrogen (secondary N) is 2. The summed E-state index contributed by atoms with van der Waals surface area (Å²) in [5, 5.41) is 19.5. The van der Waals surface area contributed by atoms with Gasteiger partial charge in [-0.05, 0) is 30.3 Å². The maximum absolute atomic E-state index is 12.0.